The standard InChI is InChI=1S/C16H21N3/c1-10-6-7-13(12(3)9-10)14-15(17)19-8-4-5-11(2)16(19)18-14/h6-7,9,11H,4-5,8,17H2,1-3H3. The van der Waals surface area contributed by atoms with Crippen LogP contribution in [0.2, 0.25) is 0 Å². The van der Waals surface area contributed by atoms with E-state index in [9.17, 15) is 0 Å². The fourth-order valence-corrected chi connectivity index (χ4v) is 3.06. The SMILES string of the molecule is Cc1ccc(-c2nc3n(c2N)CCCC3C)c(C)c1. The zero-order chi connectivity index (χ0) is 13.6. The van der Waals surface area contributed by atoms with E-state index in [2.05, 4.69) is 43.5 Å². The molecule has 0 fully saturated rings. The van der Waals surface area contributed by atoms with Crippen LogP contribution < -0.4 is 5.73 Å². The van der Waals surface area contributed by atoms with Crippen LogP contribution in [-0.2, 0) is 6.54 Å². The molecule has 3 rings (SSSR count). The van der Waals surface area contributed by atoms with Crippen molar-refractivity contribution in [3.05, 3.63) is 35.2 Å². The number of fused-ring (bicyclic) bond motifs is 1. The number of hydrogen-bond donors (Lipinski definition) is 1. The lowest BCUT2D eigenvalue weighted by molar-refractivity contribution is 0.467. The van der Waals surface area contributed by atoms with E-state index < -0.39 is 0 Å². The van der Waals surface area contributed by atoms with E-state index in [1.54, 1.807) is 0 Å². The lowest BCUT2D eigenvalue weighted by Gasteiger charge is -2.20. The largest absolute Gasteiger partial charge is 0.383 e. The molecule has 2 N–H and O–H groups in total. The van der Waals surface area contributed by atoms with Crippen molar-refractivity contribution in [1.29, 1.82) is 0 Å². The molecule has 0 aliphatic carbocycles. The van der Waals surface area contributed by atoms with Gasteiger partial charge < -0.3 is 10.3 Å². The van der Waals surface area contributed by atoms with Gasteiger partial charge in [0.25, 0.3) is 0 Å². The molecule has 2 aromatic rings. The molecule has 2 heterocycles. The van der Waals surface area contributed by atoms with Crippen LogP contribution in [0.4, 0.5) is 5.82 Å². The van der Waals surface area contributed by atoms with Crippen LogP contribution in [0.25, 0.3) is 11.3 Å². The molecule has 0 radical (unpaired) electrons. The van der Waals surface area contributed by atoms with Crippen molar-refractivity contribution in [3.8, 4) is 11.3 Å². The number of nitrogens with zero attached hydrogens (tertiary/aromatic N) is 2. The second-order valence-electron chi connectivity index (χ2n) is 5.72. The van der Waals surface area contributed by atoms with Gasteiger partial charge in [-0.2, -0.15) is 0 Å². The maximum Gasteiger partial charge on any atom is 0.131 e. The van der Waals surface area contributed by atoms with Crippen molar-refractivity contribution in [2.24, 2.45) is 0 Å². The van der Waals surface area contributed by atoms with E-state index in [0.717, 1.165) is 29.4 Å². The number of aryl methyl sites for hydroxylation is 2. The van der Waals surface area contributed by atoms with Crippen molar-refractivity contribution in [1.82, 2.24) is 9.55 Å². The molecule has 0 amide bonds. The molecule has 3 heteroatoms. The third-order valence-corrected chi connectivity index (χ3v) is 4.13. The zero-order valence-corrected chi connectivity index (χ0v) is 11.9. The Morgan fingerprint density at radius 1 is 1.32 bits per heavy atom. The fourth-order valence-electron chi connectivity index (χ4n) is 3.06. The molecule has 0 spiro atoms. The van der Waals surface area contributed by atoms with Gasteiger partial charge in [-0.05, 0) is 32.3 Å². The van der Waals surface area contributed by atoms with Gasteiger partial charge in [0.15, 0.2) is 0 Å². The maximum absolute atomic E-state index is 6.33. The Morgan fingerprint density at radius 3 is 2.79 bits per heavy atom. The number of hydrogen-bond acceptors (Lipinski definition) is 2. The summed E-state index contributed by atoms with van der Waals surface area (Å²) in [5, 5.41) is 0. The van der Waals surface area contributed by atoms with Gasteiger partial charge in [0.2, 0.25) is 0 Å². The second-order valence-corrected chi connectivity index (χ2v) is 5.72. The Balaban J connectivity index is 2.16. The minimum Gasteiger partial charge on any atom is -0.383 e. The molecular formula is C16H21N3. The summed E-state index contributed by atoms with van der Waals surface area (Å²) in [6.45, 7) is 7.48. The van der Waals surface area contributed by atoms with E-state index >= 15 is 0 Å². The van der Waals surface area contributed by atoms with Gasteiger partial charge in [0, 0.05) is 18.0 Å². The summed E-state index contributed by atoms with van der Waals surface area (Å²) in [4.78, 5) is 4.83. The van der Waals surface area contributed by atoms with E-state index in [0.29, 0.717) is 5.92 Å². The highest BCUT2D eigenvalue weighted by atomic mass is 15.2. The zero-order valence-electron chi connectivity index (χ0n) is 11.9. The minimum atomic E-state index is 0.510. The highest BCUT2D eigenvalue weighted by molar-refractivity contribution is 5.74. The molecular weight excluding hydrogens is 234 g/mol. The highest BCUT2D eigenvalue weighted by Gasteiger charge is 2.24. The van der Waals surface area contributed by atoms with Crippen LogP contribution in [0.3, 0.4) is 0 Å². The van der Waals surface area contributed by atoms with Crippen molar-refractivity contribution < 1.29 is 0 Å². The Bertz CT molecular complexity index is 625. The molecule has 19 heavy (non-hydrogen) atoms. The first-order valence-corrected chi connectivity index (χ1v) is 7.01. The second kappa shape index (κ2) is 4.41. The number of rotatable bonds is 1. The summed E-state index contributed by atoms with van der Waals surface area (Å²) in [5.41, 5.74) is 11.0. The molecule has 0 saturated carbocycles. The van der Waals surface area contributed by atoms with Gasteiger partial charge in [-0.1, -0.05) is 30.7 Å². The van der Waals surface area contributed by atoms with Crippen molar-refractivity contribution in [2.75, 3.05) is 5.73 Å². The monoisotopic (exact) mass is 255 g/mol. The number of nitrogen functional groups attached to an aromatic ring is 1. The number of benzene rings is 1. The third-order valence-electron chi connectivity index (χ3n) is 4.13. The minimum absolute atomic E-state index is 0.510. The molecule has 3 nitrogen and oxygen atoms in total. The first-order chi connectivity index (χ1) is 9.08. The Kier molecular flexibility index (Phi) is 2.85. The van der Waals surface area contributed by atoms with Crippen molar-refractivity contribution in [3.63, 3.8) is 0 Å². The Morgan fingerprint density at radius 2 is 2.11 bits per heavy atom. The lowest BCUT2D eigenvalue weighted by atomic mass is 10.0. The maximum atomic E-state index is 6.33. The highest BCUT2D eigenvalue weighted by Crippen LogP contribution is 2.35. The topological polar surface area (TPSA) is 43.8 Å². The summed E-state index contributed by atoms with van der Waals surface area (Å²) in [5.74, 6) is 2.49. The first-order valence-electron chi connectivity index (χ1n) is 7.01. The number of anilines is 1. The van der Waals surface area contributed by atoms with Gasteiger partial charge in [-0.3, -0.25) is 0 Å². The first kappa shape index (κ1) is 12.3. The molecule has 1 aliphatic rings. The molecule has 1 atom stereocenters. The lowest BCUT2D eigenvalue weighted by Crippen LogP contribution is -2.15. The van der Waals surface area contributed by atoms with Crippen LogP contribution in [0, 0.1) is 13.8 Å². The fraction of sp³-hybridized carbons (Fsp3) is 0.438. The predicted octanol–water partition coefficient (Wildman–Crippen LogP) is 3.65. The van der Waals surface area contributed by atoms with E-state index in [4.69, 9.17) is 10.7 Å². The molecule has 0 bridgehead atoms. The van der Waals surface area contributed by atoms with Crippen LogP contribution in [-0.4, -0.2) is 9.55 Å². The quantitative estimate of drug-likeness (QED) is 0.845. The number of imidazole rings is 1. The molecule has 1 unspecified atom stereocenters. The van der Waals surface area contributed by atoms with Crippen molar-refractivity contribution >= 4 is 5.82 Å². The van der Waals surface area contributed by atoms with Crippen LogP contribution in [0.15, 0.2) is 18.2 Å². The molecule has 100 valence electrons. The third kappa shape index (κ3) is 1.93. The summed E-state index contributed by atoms with van der Waals surface area (Å²) < 4.78 is 2.20. The molecule has 1 aromatic heterocycles. The molecule has 1 aromatic carbocycles. The average molecular weight is 255 g/mol. The van der Waals surface area contributed by atoms with E-state index in [-0.39, 0.29) is 0 Å². The Labute approximate surface area is 114 Å². The van der Waals surface area contributed by atoms with Gasteiger partial charge in [-0.25, -0.2) is 4.98 Å². The predicted molar refractivity (Wildman–Crippen MR) is 79.2 cm³/mol. The van der Waals surface area contributed by atoms with Crippen molar-refractivity contribution in [2.45, 2.75) is 46.1 Å². The van der Waals surface area contributed by atoms with Crippen LogP contribution in [0.1, 0.15) is 42.6 Å². The summed E-state index contributed by atoms with van der Waals surface area (Å²) >= 11 is 0. The van der Waals surface area contributed by atoms with Gasteiger partial charge in [0.1, 0.15) is 17.3 Å². The smallest absolute Gasteiger partial charge is 0.131 e. The van der Waals surface area contributed by atoms with Crippen LogP contribution >= 0.6 is 0 Å². The number of aromatic nitrogens is 2. The normalized spacial score (nSPS) is 18.4. The molecule has 1 aliphatic heterocycles. The van der Waals surface area contributed by atoms with Gasteiger partial charge in [-0.15, -0.1) is 0 Å². The summed E-state index contributed by atoms with van der Waals surface area (Å²) in [6, 6.07) is 6.46. The molecule has 0 saturated heterocycles. The summed E-state index contributed by atoms with van der Waals surface area (Å²) in [6.07, 6.45) is 2.41. The van der Waals surface area contributed by atoms with E-state index in [1.165, 1.54) is 24.0 Å². The Hall–Kier alpha value is -1.77. The van der Waals surface area contributed by atoms with E-state index in [1.807, 2.05) is 0 Å². The number of nitrogens with two attached hydrogens (primary N) is 1. The van der Waals surface area contributed by atoms with Crippen LogP contribution in [0.5, 0.6) is 0 Å². The average Bonchev–Trinajstić information content (AvgIpc) is 2.69. The van der Waals surface area contributed by atoms with Gasteiger partial charge in [0.05, 0.1) is 0 Å². The summed E-state index contributed by atoms with van der Waals surface area (Å²) in [7, 11) is 0. The van der Waals surface area contributed by atoms with Gasteiger partial charge >= 0.3 is 0 Å².